The number of benzene rings is 2. The second-order valence-electron chi connectivity index (χ2n) is 5.54. The molecule has 0 fully saturated rings. The first-order valence-electron chi connectivity index (χ1n) is 8.30. The average molecular weight is 427 g/mol. The van der Waals surface area contributed by atoms with E-state index in [2.05, 4.69) is 10.6 Å². The normalized spacial score (nSPS) is 11.6. The standard InChI is InChI=1S/C19H20Cl2N2O3S/c1-3-26-17-7-5-4-6-15(17)22-18(24)11-27-12(2)19(25)23-16-10-13(20)8-9-14(16)21/h4-10,12H,3,11H2,1-2H3,(H,22,24)(H,23,25). The lowest BCUT2D eigenvalue weighted by Crippen LogP contribution is -2.25. The Balaban J connectivity index is 1.87. The third-order valence-corrected chi connectivity index (χ3v) is 5.19. The summed E-state index contributed by atoms with van der Waals surface area (Å²) in [4.78, 5) is 24.5. The molecule has 0 aliphatic rings. The van der Waals surface area contributed by atoms with Crippen LogP contribution in [0.5, 0.6) is 5.75 Å². The molecular weight excluding hydrogens is 407 g/mol. The summed E-state index contributed by atoms with van der Waals surface area (Å²) in [5.74, 6) is 0.261. The Kier molecular flexibility index (Phi) is 8.28. The third-order valence-electron chi connectivity index (χ3n) is 3.48. The molecule has 1 unspecified atom stereocenters. The van der Waals surface area contributed by atoms with Crippen LogP contribution in [0.2, 0.25) is 10.0 Å². The minimum absolute atomic E-state index is 0.123. The van der Waals surface area contributed by atoms with Gasteiger partial charge < -0.3 is 15.4 Å². The summed E-state index contributed by atoms with van der Waals surface area (Å²) in [6, 6.07) is 12.0. The van der Waals surface area contributed by atoms with Crippen molar-refractivity contribution < 1.29 is 14.3 Å². The van der Waals surface area contributed by atoms with Crippen LogP contribution >= 0.6 is 35.0 Å². The molecule has 0 heterocycles. The highest BCUT2D eigenvalue weighted by Gasteiger charge is 2.17. The highest BCUT2D eigenvalue weighted by molar-refractivity contribution is 8.01. The topological polar surface area (TPSA) is 67.4 Å². The number of ether oxygens (including phenoxy) is 1. The molecule has 144 valence electrons. The molecule has 2 amide bonds. The molecule has 1 atom stereocenters. The average Bonchev–Trinajstić information content (AvgIpc) is 2.64. The molecule has 8 heteroatoms. The summed E-state index contributed by atoms with van der Waals surface area (Å²) >= 11 is 13.2. The SMILES string of the molecule is CCOc1ccccc1NC(=O)CSC(C)C(=O)Nc1cc(Cl)ccc1Cl. The number of para-hydroxylation sites is 2. The molecule has 0 bridgehead atoms. The molecule has 0 spiro atoms. The van der Waals surface area contributed by atoms with Crippen molar-refractivity contribution in [2.24, 2.45) is 0 Å². The zero-order chi connectivity index (χ0) is 19.8. The smallest absolute Gasteiger partial charge is 0.237 e. The third kappa shape index (κ3) is 6.65. The van der Waals surface area contributed by atoms with Crippen molar-refractivity contribution >= 4 is 58.2 Å². The van der Waals surface area contributed by atoms with Gasteiger partial charge in [0, 0.05) is 5.02 Å². The highest BCUT2D eigenvalue weighted by atomic mass is 35.5. The predicted molar refractivity (Wildman–Crippen MR) is 113 cm³/mol. The van der Waals surface area contributed by atoms with Gasteiger partial charge in [0.15, 0.2) is 0 Å². The van der Waals surface area contributed by atoms with Gasteiger partial charge in [-0.1, -0.05) is 35.3 Å². The summed E-state index contributed by atoms with van der Waals surface area (Å²) in [7, 11) is 0. The monoisotopic (exact) mass is 426 g/mol. The lowest BCUT2D eigenvalue weighted by atomic mass is 10.3. The van der Waals surface area contributed by atoms with E-state index in [1.807, 2.05) is 19.1 Å². The van der Waals surface area contributed by atoms with E-state index in [1.165, 1.54) is 11.8 Å². The highest BCUT2D eigenvalue weighted by Crippen LogP contribution is 2.27. The number of anilines is 2. The number of amides is 2. The Morgan fingerprint density at radius 1 is 1.11 bits per heavy atom. The van der Waals surface area contributed by atoms with Gasteiger partial charge in [-0.25, -0.2) is 0 Å². The number of nitrogens with one attached hydrogen (secondary N) is 2. The predicted octanol–water partition coefficient (Wildman–Crippen LogP) is 5.09. The fraction of sp³-hybridized carbons (Fsp3) is 0.263. The van der Waals surface area contributed by atoms with Crippen LogP contribution in [-0.2, 0) is 9.59 Å². The Bertz CT molecular complexity index is 817. The molecule has 0 aliphatic carbocycles. The summed E-state index contributed by atoms with van der Waals surface area (Å²) in [6.45, 7) is 4.10. The van der Waals surface area contributed by atoms with E-state index in [1.54, 1.807) is 37.3 Å². The van der Waals surface area contributed by atoms with Crippen LogP contribution < -0.4 is 15.4 Å². The second kappa shape index (κ2) is 10.4. The van der Waals surface area contributed by atoms with Crippen molar-refractivity contribution in [3.05, 3.63) is 52.5 Å². The maximum atomic E-state index is 12.3. The van der Waals surface area contributed by atoms with Crippen LogP contribution in [0.4, 0.5) is 11.4 Å². The fourth-order valence-corrected chi connectivity index (χ4v) is 3.16. The van der Waals surface area contributed by atoms with E-state index in [-0.39, 0.29) is 17.6 Å². The fourth-order valence-electron chi connectivity index (χ4n) is 2.14. The van der Waals surface area contributed by atoms with Gasteiger partial charge in [-0.3, -0.25) is 9.59 Å². The number of carbonyl (C=O) groups excluding carboxylic acids is 2. The molecule has 0 radical (unpaired) electrons. The van der Waals surface area contributed by atoms with E-state index in [0.29, 0.717) is 33.8 Å². The van der Waals surface area contributed by atoms with Crippen molar-refractivity contribution in [1.29, 1.82) is 0 Å². The van der Waals surface area contributed by atoms with Crippen molar-refractivity contribution in [3.63, 3.8) is 0 Å². The number of rotatable bonds is 8. The first-order valence-corrected chi connectivity index (χ1v) is 10.1. The van der Waals surface area contributed by atoms with Gasteiger partial charge in [-0.05, 0) is 44.2 Å². The van der Waals surface area contributed by atoms with Gasteiger partial charge in [0.1, 0.15) is 5.75 Å². The van der Waals surface area contributed by atoms with Gasteiger partial charge in [0.25, 0.3) is 0 Å². The molecule has 0 saturated heterocycles. The number of carbonyl (C=O) groups is 2. The summed E-state index contributed by atoms with van der Waals surface area (Å²) in [5, 5.41) is 5.94. The molecule has 2 aromatic rings. The largest absolute Gasteiger partial charge is 0.492 e. The van der Waals surface area contributed by atoms with Gasteiger partial charge in [-0.2, -0.15) is 0 Å². The number of hydrogen-bond donors (Lipinski definition) is 2. The van der Waals surface area contributed by atoms with Crippen molar-refractivity contribution in [2.45, 2.75) is 19.1 Å². The minimum atomic E-state index is -0.451. The molecule has 0 saturated carbocycles. The Morgan fingerprint density at radius 2 is 1.85 bits per heavy atom. The van der Waals surface area contributed by atoms with Gasteiger partial charge >= 0.3 is 0 Å². The van der Waals surface area contributed by atoms with Crippen LogP contribution in [0.3, 0.4) is 0 Å². The van der Waals surface area contributed by atoms with Crippen molar-refractivity contribution in [3.8, 4) is 5.75 Å². The number of halogens is 2. The zero-order valence-electron chi connectivity index (χ0n) is 14.9. The van der Waals surface area contributed by atoms with E-state index < -0.39 is 5.25 Å². The second-order valence-corrected chi connectivity index (χ2v) is 7.72. The molecule has 5 nitrogen and oxygen atoms in total. The van der Waals surface area contributed by atoms with Crippen molar-refractivity contribution in [2.75, 3.05) is 23.0 Å². The van der Waals surface area contributed by atoms with Crippen LogP contribution in [0, 0.1) is 0 Å². The lowest BCUT2D eigenvalue weighted by Gasteiger charge is -2.14. The molecular formula is C19H20Cl2N2O3S. The molecule has 2 N–H and O–H groups in total. The molecule has 2 rings (SSSR count). The number of thioether (sulfide) groups is 1. The van der Waals surface area contributed by atoms with Crippen molar-refractivity contribution in [1.82, 2.24) is 0 Å². The molecule has 0 aromatic heterocycles. The van der Waals surface area contributed by atoms with Gasteiger partial charge in [0.05, 0.1) is 34.0 Å². The van der Waals surface area contributed by atoms with E-state index in [4.69, 9.17) is 27.9 Å². The Morgan fingerprint density at radius 3 is 2.59 bits per heavy atom. The van der Waals surface area contributed by atoms with Crippen LogP contribution in [-0.4, -0.2) is 29.4 Å². The first-order chi connectivity index (χ1) is 12.9. The molecule has 2 aromatic carbocycles. The van der Waals surface area contributed by atoms with E-state index in [9.17, 15) is 9.59 Å². The van der Waals surface area contributed by atoms with Crippen LogP contribution in [0.15, 0.2) is 42.5 Å². The Labute approximate surface area is 172 Å². The number of hydrogen-bond acceptors (Lipinski definition) is 4. The first kappa shape index (κ1) is 21.4. The van der Waals surface area contributed by atoms with E-state index >= 15 is 0 Å². The van der Waals surface area contributed by atoms with Gasteiger partial charge in [0.2, 0.25) is 11.8 Å². The molecule has 0 aliphatic heterocycles. The Hall–Kier alpha value is -1.89. The van der Waals surface area contributed by atoms with Crippen LogP contribution in [0.25, 0.3) is 0 Å². The summed E-state index contributed by atoms with van der Waals surface area (Å²) in [6.07, 6.45) is 0. The van der Waals surface area contributed by atoms with Gasteiger partial charge in [-0.15, -0.1) is 11.8 Å². The molecule has 27 heavy (non-hydrogen) atoms. The van der Waals surface area contributed by atoms with Crippen LogP contribution in [0.1, 0.15) is 13.8 Å². The maximum Gasteiger partial charge on any atom is 0.237 e. The minimum Gasteiger partial charge on any atom is -0.492 e. The van der Waals surface area contributed by atoms with E-state index in [0.717, 1.165) is 0 Å². The maximum absolute atomic E-state index is 12.3. The lowest BCUT2D eigenvalue weighted by molar-refractivity contribution is -0.115. The summed E-state index contributed by atoms with van der Waals surface area (Å²) < 4.78 is 5.48. The zero-order valence-corrected chi connectivity index (χ0v) is 17.3. The quantitative estimate of drug-likeness (QED) is 0.616. The summed E-state index contributed by atoms with van der Waals surface area (Å²) in [5.41, 5.74) is 1.05.